The Labute approximate surface area is 148 Å². The molecule has 2 aromatic rings. The molecular formula is C13H21N5O5S2. The van der Waals surface area contributed by atoms with Crippen LogP contribution in [0.1, 0.15) is 12.8 Å². The molecule has 0 aliphatic heterocycles. The zero-order chi connectivity index (χ0) is 18.6. The summed E-state index contributed by atoms with van der Waals surface area (Å²) < 4.78 is 33.8. The van der Waals surface area contributed by atoms with Crippen molar-refractivity contribution in [1.29, 1.82) is 0 Å². The van der Waals surface area contributed by atoms with Gasteiger partial charge in [-0.05, 0) is 30.2 Å². The maximum absolute atomic E-state index is 12.3. The predicted octanol–water partition coefficient (Wildman–Crippen LogP) is -0.660. The first-order valence-electron chi connectivity index (χ1n) is 7.66. The van der Waals surface area contributed by atoms with Crippen LogP contribution in [0.25, 0.3) is 11.2 Å². The fourth-order valence-electron chi connectivity index (χ4n) is 2.44. The lowest BCUT2D eigenvalue weighted by molar-refractivity contribution is 0.503. The molecule has 0 amide bonds. The van der Waals surface area contributed by atoms with Crippen molar-refractivity contribution < 1.29 is 13.0 Å². The zero-order valence-corrected chi connectivity index (χ0v) is 15.6. The molecule has 10 nitrogen and oxygen atoms in total. The van der Waals surface area contributed by atoms with Crippen LogP contribution in [0.5, 0.6) is 0 Å². The summed E-state index contributed by atoms with van der Waals surface area (Å²) in [6.45, 7) is 1.75. The van der Waals surface area contributed by atoms with E-state index in [0.717, 1.165) is 17.4 Å². The number of nitrogens with one attached hydrogen (secondary N) is 1. The fraction of sp³-hybridized carbons (Fsp3) is 0.615. The van der Waals surface area contributed by atoms with Crippen molar-refractivity contribution in [1.82, 2.24) is 24.0 Å². The highest BCUT2D eigenvalue weighted by atomic mass is 33.1. The Morgan fingerprint density at radius 2 is 1.92 bits per heavy atom. The minimum absolute atomic E-state index is 0.273. The van der Waals surface area contributed by atoms with Crippen LogP contribution in [0.4, 0.5) is 0 Å². The van der Waals surface area contributed by atoms with E-state index in [1.54, 1.807) is 17.9 Å². The van der Waals surface area contributed by atoms with E-state index in [4.69, 9.17) is 4.55 Å². The highest BCUT2D eigenvalue weighted by molar-refractivity contribution is 8.69. The third-order valence-electron chi connectivity index (χ3n) is 3.73. The number of unbranched alkanes of at least 4 members (excludes halogenated alkanes) is 1. The standard InChI is InChI=1S/C13H21N5O5S2/c1-16-11-10(12(19)17(2)13(16)20)18(9-15-11)7-4-3-5-14-6-8-24-25(21,22)23/h9,14H,3-8H2,1-2H3,(H,21,22,23). The Bertz CT molecular complexity index is 960. The molecule has 0 aromatic carbocycles. The summed E-state index contributed by atoms with van der Waals surface area (Å²) in [5.74, 6) is 0.273. The highest BCUT2D eigenvalue weighted by Crippen LogP contribution is 2.08. The summed E-state index contributed by atoms with van der Waals surface area (Å²) in [7, 11) is -0.466. The molecule has 12 heteroatoms. The molecule has 0 saturated carbocycles. The molecule has 0 radical (unpaired) electrons. The highest BCUT2D eigenvalue weighted by Gasteiger charge is 2.13. The number of hydrogen-bond donors (Lipinski definition) is 2. The van der Waals surface area contributed by atoms with Crippen LogP contribution in [0.2, 0.25) is 0 Å². The minimum atomic E-state index is -3.98. The molecule has 2 aromatic heterocycles. The number of aromatic nitrogens is 4. The van der Waals surface area contributed by atoms with Crippen LogP contribution < -0.4 is 16.6 Å². The Kier molecular flexibility index (Phi) is 6.43. The second kappa shape index (κ2) is 8.17. The van der Waals surface area contributed by atoms with E-state index in [1.807, 2.05) is 0 Å². The Morgan fingerprint density at radius 1 is 1.20 bits per heavy atom. The van der Waals surface area contributed by atoms with Crippen LogP contribution in [0.15, 0.2) is 15.9 Å². The third kappa shape index (κ3) is 4.93. The molecule has 0 spiro atoms. The molecule has 0 atom stereocenters. The van der Waals surface area contributed by atoms with E-state index in [0.29, 0.717) is 41.6 Å². The second-order valence-electron chi connectivity index (χ2n) is 5.52. The first-order chi connectivity index (χ1) is 11.7. The van der Waals surface area contributed by atoms with Gasteiger partial charge in [0.05, 0.1) is 6.33 Å². The van der Waals surface area contributed by atoms with E-state index < -0.39 is 14.8 Å². The van der Waals surface area contributed by atoms with Crippen molar-refractivity contribution in [3.8, 4) is 0 Å². The summed E-state index contributed by atoms with van der Waals surface area (Å²) in [4.78, 5) is 28.3. The quantitative estimate of drug-likeness (QED) is 0.327. The summed E-state index contributed by atoms with van der Waals surface area (Å²) in [6.07, 6.45) is 3.17. The van der Waals surface area contributed by atoms with Gasteiger partial charge in [0.1, 0.15) is 0 Å². The van der Waals surface area contributed by atoms with Gasteiger partial charge >= 0.3 is 14.8 Å². The molecule has 0 fully saturated rings. The smallest absolute Gasteiger partial charge is 0.325 e. The average molecular weight is 391 g/mol. The van der Waals surface area contributed by atoms with E-state index in [2.05, 4.69) is 10.3 Å². The number of rotatable bonds is 9. The lowest BCUT2D eigenvalue weighted by Gasteiger charge is -2.07. The van der Waals surface area contributed by atoms with Gasteiger partial charge in [-0.2, -0.15) is 8.42 Å². The van der Waals surface area contributed by atoms with Crippen molar-refractivity contribution in [3.63, 3.8) is 0 Å². The van der Waals surface area contributed by atoms with Gasteiger partial charge < -0.3 is 9.88 Å². The molecule has 140 valence electrons. The number of fused-ring (bicyclic) bond motifs is 1. The monoisotopic (exact) mass is 391 g/mol. The van der Waals surface area contributed by atoms with Crippen molar-refractivity contribution >= 4 is 31.1 Å². The molecule has 0 aliphatic rings. The van der Waals surface area contributed by atoms with Gasteiger partial charge in [0, 0.05) is 32.9 Å². The normalized spacial score (nSPS) is 12.1. The average Bonchev–Trinajstić information content (AvgIpc) is 2.96. The van der Waals surface area contributed by atoms with Crippen LogP contribution in [-0.2, 0) is 29.8 Å². The summed E-state index contributed by atoms with van der Waals surface area (Å²) in [5, 5.41) is 3.08. The first kappa shape index (κ1) is 19.7. The number of nitrogens with zero attached hydrogens (tertiary/aromatic N) is 4. The van der Waals surface area contributed by atoms with Crippen LogP contribution >= 0.6 is 10.8 Å². The molecule has 2 heterocycles. The molecule has 2 N–H and O–H groups in total. The van der Waals surface area contributed by atoms with E-state index in [1.165, 1.54) is 11.6 Å². The number of hydrogen-bond acceptors (Lipinski definition) is 7. The minimum Gasteiger partial charge on any atom is -0.325 e. The van der Waals surface area contributed by atoms with Crippen molar-refractivity contribution in [2.75, 3.05) is 18.8 Å². The zero-order valence-electron chi connectivity index (χ0n) is 14.0. The van der Waals surface area contributed by atoms with Gasteiger partial charge in [0.25, 0.3) is 5.56 Å². The maximum atomic E-state index is 12.3. The van der Waals surface area contributed by atoms with Crippen LogP contribution in [-0.4, -0.2) is 50.5 Å². The van der Waals surface area contributed by atoms with Gasteiger partial charge in [0.15, 0.2) is 11.2 Å². The number of aryl methyl sites for hydroxylation is 2. The molecule has 0 saturated heterocycles. The van der Waals surface area contributed by atoms with Gasteiger partial charge in [0.2, 0.25) is 0 Å². The maximum Gasteiger partial charge on any atom is 0.332 e. The van der Waals surface area contributed by atoms with Gasteiger partial charge in [-0.15, -0.1) is 0 Å². The molecule has 2 rings (SSSR count). The largest absolute Gasteiger partial charge is 0.332 e. The van der Waals surface area contributed by atoms with Crippen molar-refractivity contribution in [2.24, 2.45) is 14.1 Å². The van der Waals surface area contributed by atoms with Gasteiger partial charge in [-0.25, -0.2) is 9.78 Å². The first-order valence-corrected chi connectivity index (χ1v) is 10.6. The molecule has 0 bridgehead atoms. The van der Waals surface area contributed by atoms with Gasteiger partial charge in [-0.3, -0.25) is 18.5 Å². The molecule has 25 heavy (non-hydrogen) atoms. The molecule has 0 unspecified atom stereocenters. The Balaban J connectivity index is 1.86. The molecule has 0 aliphatic carbocycles. The van der Waals surface area contributed by atoms with Crippen LogP contribution in [0, 0.1) is 0 Å². The lowest BCUT2D eigenvalue weighted by atomic mass is 10.3. The predicted molar refractivity (Wildman–Crippen MR) is 96.3 cm³/mol. The van der Waals surface area contributed by atoms with Crippen LogP contribution in [0.3, 0.4) is 0 Å². The lowest BCUT2D eigenvalue weighted by Crippen LogP contribution is -2.37. The Morgan fingerprint density at radius 3 is 2.60 bits per heavy atom. The SMILES string of the molecule is Cn1c(=O)c2c(ncn2CCCCNCCSS(=O)(=O)O)n(C)c1=O. The van der Waals surface area contributed by atoms with E-state index >= 15 is 0 Å². The second-order valence-corrected chi connectivity index (χ2v) is 8.99. The van der Waals surface area contributed by atoms with Gasteiger partial charge in [-0.1, -0.05) is 0 Å². The van der Waals surface area contributed by atoms with Crippen molar-refractivity contribution in [3.05, 3.63) is 27.2 Å². The van der Waals surface area contributed by atoms with E-state index in [-0.39, 0.29) is 11.3 Å². The summed E-state index contributed by atoms with van der Waals surface area (Å²) in [5.41, 5.74) is 0.00116. The Hall–Kier alpha value is -1.63. The van der Waals surface area contributed by atoms with Crippen molar-refractivity contribution in [2.45, 2.75) is 19.4 Å². The summed E-state index contributed by atoms with van der Waals surface area (Å²) >= 11 is 0. The fourth-order valence-corrected chi connectivity index (χ4v) is 3.76. The number of imidazole rings is 1. The van der Waals surface area contributed by atoms with E-state index in [9.17, 15) is 18.0 Å². The molecular weight excluding hydrogens is 370 g/mol. The third-order valence-corrected chi connectivity index (χ3v) is 5.79. The summed E-state index contributed by atoms with van der Waals surface area (Å²) in [6, 6.07) is 0. The topological polar surface area (TPSA) is 128 Å².